The molecule has 0 fully saturated rings. The molecule has 1 N–H and O–H groups in total. The Balaban J connectivity index is 1.77. The lowest BCUT2D eigenvalue weighted by molar-refractivity contribution is -0.148. The third kappa shape index (κ3) is 4.88. The molecule has 0 aromatic heterocycles. The molecule has 4 heteroatoms. The Hall–Kier alpha value is -2.30. The van der Waals surface area contributed by atoms with Gasteiger partial charge in [-0.25, -0.2) is 0 Å². The van der Waals surface area contributed by atoms with E-state index in [1.54, 1.807) is 13.2 Å². The number of hydrogen-bond donors (Lipinski definition) is 1. The average molecular weight is 410 g/mol. The second kappa shape index (κ2) is 8.83. The van der Waals surface area contributed by atoms with E-state index in [-0.39, 0.29) is 17.6 Å². The molecule has 1 aliphatic rings. The van der Waals surface area contributed by atoms with Gasteiger partial charge in [0.25, 0.3) is 0 Å². The zero-order valence-corrected chi connectivity index (χ0v) is 19.1. The summed E-state index contributed by atoms with van der Waals surface area (Å²) in [7, 11) is 1.72. The molecule has 0 amide bonds. The largest absolute Gasteiger partial charge is 0.485 e. The van der Waals surface area contributed by atoms with Crippen molar-refractivity contribution in [1.29, 1.82) is 0 Å². The lowest BCUT2D eigenvalue weighted by Gasteiger charge is -2.43. The van der Waals surface area contributed by atoms with Crippen LogP contribution in [0.4, 0.5) is 5.69 Å². The highest BCUT2D eigenvalue weighted by molar-refractivity contribution is 5.54. The van der Waals surface area contributed by atoms with Crippen LogP contribution in [0.25, 0.3) is 0 Å². The summed E-state index contributed by atoms with van der Waals surface area (Å²) < 4.78 is 18.1. The predicted molar refractivity (Wildman–Crippen MR) is 123 cm³/mol. The van der Waals surface area contributed by atoms with Gasteiger partial charge in [-0.2, -0.15) is 0 Å². The monoisotopic (exact) mass is 409 g/mol. The van der Waals surface area contributed by atoms with Gasteiger partial charge in [0.15, 0.2) is 0 Å². The van der Waals surface area contributed by atoms with Crippen LogP contribution in [-0.4, -0.2) is 25.4 Å². The van der Waals surface area contributed by atoms with Crippen molar-refractivity contribution in [3.05, 3.63) is 71.8 Å². The second-order valence-corrected chi connectivity index (χ2v) is 9.46. The van der Waals surface area contributed by atoms with Crippen molar-refractivity contribution in [2.75, 3.05) is 19.0 Å². The van der Waals surface area contributed by atoms with E-state index in [0.717, 1.165) is 23.5 Å². The van der Waals surface area contributed by atoms with Crippen LogP contribution in [-0.2, 0) is 21.4 Å². The molecule has 2 aromatic carbocycles. The molecular weight excluding hydrogens is 374 g/mol. The van der Waals surface area contributed by atoms with E-state index in [9.17, 15) is 0 Å². The Bertz CT molecular complexity index is 865. The lowest BCUT2D eigenvalue weighted by atomic mass is 9.87. The fraction of sp³-hybridized carbons (Fsp3) is 0.462. The number of fused-ring (bicyclic) bond motifs is 1. The molecule has 1 heterocycles. The number of ether oxygens (including phenoxy) is 3. The Kier molecular flexibility index (Phi) is 6.59. The molecule has 3 rings (SSSR count). The van der Waals surface area contributed by atoms with Crippen molar-refractivity contribution < 1.29 is 14.2 Å². The van der Waals surface area contributed by atoms with Gasteiger partial charge in [0.1, 0.15) is 23.6 Å². The molecule has 2 aromatic rings. The molecule has 2 atom stereocenters. The van der Waals surface area contributed by atoms with Gasteiger partial charge < -0.3 is 19.5 Å². The molecule has 2 unspecified atom stereocenters. The molecule has 0 saturated heterocycles. The van der Waals surface area contributed by atoms with Crippen LogP contribution in [0.15, 0.2) is 55.1 Å². The zero-order valence-electron chi connectivity index (χ0n) is 19.1. The van der Waals surface area contributed by atoms with E-state index in [1.165, 1.54) is 11.1 Å². The fourth-order valence-electron chi connectivity index (χ4n) is 3.88. The van der Waals surface area contributed by atoms with Gasteiger partial charge in [-0.1, -0.05) is 51.1 Å². The first kappa shape index (κ1) is 22.4. The Morgan fingerprint density at radius 3 is 2.43 bits per heavy atom. The summed E-state index contributed by atoms with van der Waals surface area (Å²) >= 11 is 0. The fourth-order valence-corrected chi connectivity index (χ4v) is 3.88. The number of benzene rings is 2. The number of nitrogens with one attached hydrogen (secondary N) is 1. The first-order valence-electron chi connectivity index (χ1n) is 10.6. The van der Waals surface area contributed by atoms with Crippen LogP contribution in [0.2, 0.25) is 0 Å². The van der Waals surface area contributed by atoms with Crippen molar-refractivity contribution in [1.82, 2.24) is 0 Å². The summed E-state index contributed by atoms with van der Waals surface area (Å²) in [4.78, 5) is 0. The minimum absolute atomic E-state index is 0.164. The molecule has 0 saturated carbocycles. The zero-order chi connectivity index (χ0) is 21.9. The van der Waals surface area contributed by atoms with Gasteiger partial charge in [0.2, 0.25) is 0 Å². The van der Waals surface area contributed by atoms with E-state index in [0.29, 0.717) is 6.61 Å². The average Bonchev–Trinajstić information content (AvgIpc) is 2.69. The maximum atomic E-state index is 6.26. The van der Waals surface area contributed by atoms with Crippen molar-refractivity contribution in [3.63, 3.8) is 0 Å². The summed E-state index contributed by atoms with van der Waals surface area (Å²) in [5.74, 6) is 0.838. The Morgan fingerprint density at radius 2 is 1.83 bits per heavy atom. The van der Waals surface area contributed by atoms with Gasteiger partial charge >= 0.3 is 0 Å². The van der Waals surface area contributed by atoms with Gasteiger partial charge in [0.05, 0.1) is 6.61 Å². The minimum Gasteiger partial charge on any atom is -0.485 e. The van der Waals surface area contributed by atoms with Crippen LogP contribution in [0.1, 0.15) is 57.4 Å². The quantitative estimate of drug-likeness (QED) is 0.567. The van der Waals surface area contributed by atoms with Crippen LogP contribution >= 0.6 is 0 Å². The van der Waals surface area contributed by atoms with Crippen molar-refractivity contribution in [3.8, 4) is 5.75 Å². The Morgan fingerprint density at radius 1 is 1.13 bits per heavy atom. The standard InChI is InChI=1S/C26H35NO3/c1-8-15-29-24-23(28-7)21-16-20(13-14-22(21)30-26(24,5)6)27-17-18-9-11-19(12-10-18)25(2,3)4/h8-14,16,23-24,27H,1,15,17H2,2-7H3. The van der Waals surface area contributed by atoms with Crippen LogP contribution < -0.4 is 10.1 Å². The lowest BCUT2D eigenvalue weighted by Crippen LogP contribution is -2.50. The number of anilines is 1. The molecule has 0 spiro atoms. The maximum absolute atomic E-state index is 6.26. The van der Waals surface area contributed by atoms with Gasteiger partial charge in [-0.15, -0.1) is 6.58 Å². The molecular formula is C26H35NO3. The Labute approximate surface area is 181 Å². The van der Waals surface area contributed by atoms with Gasteiger partial charge in [-0.3, -0.25) is 0 Å². The van der Waals surface area contributed by atoms with E-state index in [1.807, 2.05) is 19.9 Å². The minimum atomic E-state index is -0.500. The maximum Gasteiger partial charge on any atom is 0.132 e. The molecule has 0 bridgehead atoms. The van der Waals surface area contributed by atoms with E-state index in [4.69, 9.17) is 14.2 Å². The van der Waals surface area contributed by atoms with Gasteiger partial charge in [-0.05, 0) is 48.6 Å². The highest BCUT2D eigenvalue weighted by atomic mass is 16.6. The summed E-state index contributed by atoms with van der Waals surface area (Å²) in [6.45, 7) is 15.7. The molecule has 30 heavy (non-hydrogen) atoms. The highest BCUT2D eigenvalue weighted by Crippen LogP contribution is 2.44. The van der Waals surface area contributed by atoms with E-state index >= 15 is 0 Å². The molecule has 4 nitrogen and oxygen atoms in total. The highest BCUT2D eigenvalue weighted by Gasteiger charge is 2.45. The summed E-state index contributed by atoms with van der Waals surface area (Å²) in [6, 6.07) is 15.0. The van der Waals surface area contributed by atoms with E-state index in [2.05, 4.69) is 69.1 Å². The normalized spacial score (nSPS) is 20.2. The van der Waals surface area contributed by atoms with Crippen molar-refractivity contribution >= 4 is 5.69 Å². The summed E-state index contributed by atoms with van der Waals surface area (Å²) in [6.07, 6.45) is 1.31. The first-order valence-corrected chi connectivity index (χ1v) is 10.6. The third-order valence-electron chi connectivity index (χ3n) is 5.61. The SMILES string of the molecule is C=CCOC1C(OC)c2cc(NCc3ccc(C(C)(C)C)cc3)ccc2OC1(C)C. The second-order valence-electron chi connectivity index (χ2n) is 9.46. The number of hydrogen-bond acceptors (Lipinski definition) is 4. The third-order valence-corrected chi connectivity index (χ3v) is 5.61. The number of rotatable bonds is 7. The van der Waals surface area contributed by atoms with Crippen LogP contribution in [0, 0.1) is 0 Å². The molecule has 0 aliphatic carbocycles. The number of methoxy groups -OCH3 is 1. The summed E-state index contributed by atoms with van der Waals surface area (Å²) in [5.41, 5.74) is 4.28. The smallest absolute Gasteiger partial charge is 0.132 e. The predicted octanol–water partition coefficient (Wildman–Crippen LogP) is 6.03. The van der Waals surface area contributed by atoms with Crippen molar-refractivity contribution in [2.24, 2.45) is 0 Å². The van der Waals surface area contributed by atoms with Crippen molar-refractivity contribution in [2.45, 2.75) is 64.4 Å². The van der Waals surface area contributed by atoms with E-state index < -0.39 is 5.60 Å². The topological polar surface area (TPSA) is 39.7 Å². The molecule has 1 aliphatic heterocycles. The van der Waals surface area contributed by atoms with Crippen LogP contribution in [0.3, 0.4) is 0 Å². The molecule has 0 radical (unpaired) electrons. The first-order chi connectivity index (χ1) is 14.2. The van der Waals surface area contributed by atoms with Crippen LogP contribution in [0.5, 0.6) is 5.75 Å². The summed E-state index contributed by atoms with van der Waals surface area (Å²) in [5, 5.41) is 3.52. The molecule has 162 valence electrons. The van der Waals surface area contributed by atoms with Gasteiger partial charge in [0, 0.05) is 24.9 Å².